The highest BCUT2D eigenvalue weighted by Crippen LogP contribution is 2.35. The van der Waals surface area contributed by atoms with Gasteiger partial charge in [-0.15, -0.1) is 0 Å². The standard InChI is InChI=1S/C16H23NO3S2/c1-11-8-12(2)16(13(3)9-11)22(18,19)17-5-7-21-15-10-20-6-4-14(15)17/h8-9,14-15H,4-7,10H2,1-3H3/t14-,15-/m1/s1. The zero-order valence-electron chi connectivity index (χ0n) is 13.3. The Hall–Kier alpha value is -0.560. The lowest BCUT2D eigenvalue weighted by atomic mass is 10.1. The van der Waals surface area contributed by atoms with E-state index in [1.165, 1.54) is 0 Å². The Morgan fingerprint density at radius 2 is 1.91 bits per heavy atom. The molecule has 0 radical (unpaired) electrons. The van der Waals surface area contributed by atoms with Gasteiger partial charge >= 0.3 is 0 Å². The van der Waals surface area contributed by atoms with Crippen molar-refractivity contribution in [3.05, 3.63) is 28.8 Å². The van der Waals surface area contributed by atoms with Crippen LogP contribution in [0.1, 0.15) is 23.1 Å². The molecular weight excluding hydrogens is 318 g/mol. The molecule has 6 heteroatoms. The summed E-state index contributed by atoms with van der Waals surface area (Å²) in [5.41, 5.74) is 2.80. The first kappa shape index (κ1) is 16.3. The van der Waals surface area contributed by atoms with E-state index in [1.807, 2.05) is 44.7 Å². The molecule has 2 heterocycles. The second kappa shape index (κ2) is 6.15. The summed E-state index contributed by atoms with van der Waals surface area (Å²) in [5.74, 6) is 0.841. The number of hydrogen-bond acceptors (Lipinski definition) is 4. The maximum Gasteiger partial charge on any atom is 0.243 e. The first-order chi connectivity index (χ1) is 10.4. The quantitative estimate of drug-likeness (QED) is 0.829. The van der Waals surface area contributed by atoms with Gasteiger partial charge in [-0.2, -0.15) is 16.1 Å². The number of nitrogens with zero attached hydrogens (tertiary/aromatic N) is 1. The van der Waals surface area contributed by atoms with Crippen molar-refractivity contribution in [2.75, 3.05) is 25.5 Å². The molecule has 0 aromatic heterocycles. The van der Waals surface area contributed by atoms with Crippen molar-refractivity contribution in [2.24, 2.45) is 0 Å². The Labute approximate surface area is 137 Å². The van der Waals surface area contributed by atoms with Crippen molar-refractivity contribution in [1.82, 2.24) is 4.31 Å². The van der Waals surface area contributed by atoms with Crippen LogP contribution in [0.2, 0.25) is 0 Å². The zero-order chi connectivity index (χ0) is 15.9. The van der Waals surface area contributed by atoms with Crippen molar-refractivity contribution >= 4 is 21.8 Å². The predicted molar refractivity (Wildman–Crippen MR) is 90.0 cm³/mol. The molecule has 0 spiro atoms. The van der Waals surface area contributed by atoms with Gasteiger partial charge < -0.3 is 4.74 Å². The van der Waals surface area contributed by atoms with Gasteiger partial charge in [-0.05, 0) is 38.3 Å². The molecule has 4 nitrogen and oxygen atoms in total. The van der Waals surface area contributed by atoms with Crippen LogP contribution in [0.5, 0.6) is 0 Å². The summed E-state index contributed by atoms with van der Waals surface area (Å²) < 4.78 is 33.8. The number of benzene rings is 1. The molecule has 1 aromatic rings. The molecule has 22 heavy (non-hydrogen) atoms. The van der Waals surface area contributed by atoms with Crippen LogP contribution in [0, 0.1) is 20.8 Å². The molecule has 3 rings (SSSR count). The Balaban J connectivity index is 2.02. The highest BCUT2D eigenvalue weighted by Gasteiger charge is 2.41. The fourth-order valence-corrected chi connectivity index (χ4v) is 7.24. The smallest absolute Gasteiger partial charge is 0.243 e. The lowest BCUT2D eigenvalue weighted by Crippen LogP contribution is -2.54. The summed E-state index contributed by atoms with van der Waals surface area (Å²) in [6.45, 7) is 7.70. The van der Waals surface area contributed by atoms with Crippen LogP contribution in [-0.2, 0) is 14.8 Å². The average Bonchev–Trinajstić information content (AvgIpc) is 2.45. The van der Waals surface area contributed by atoms with Crippen LogP contribution >= 0.6 is 11.8 Å². The largest absolute Gasteiger partial charge is 0.380 e. The number of fused-ring (bicyclic) bond motifs is 1. The third kappa shape index (κ3) is 2.82. The maximum absolute atomic E-state index is 13.3. The van der Waals surface area contributed by atoms with E-state index >= 15 is 0 Å². The minimum Gasteiger partial charge on any atom is -0.380 e. The molecular formula is C16H23NO3S2. The Morgan fingerprint density at radius 3 is 2.59 bits per heavy atom. The molecule has 2 fully saturated rings. The molecule has 122 valence electrons. The lowest BCUT2D eigenvalue weighted by Gasteiger charge is -2.42. The monoisotopic (exact) mass is 341 g/mol. The SMILES string of the molecule is Cc1cc(C)c(S(=O)(=O)N2CCS[C@@H]3COCC[C@H]32)c(C)c1. The summed E-state index contributed by atoms with van der Waals surface area (Å²) in [6, 6.07) is 3.98. The van der Waals surface area contributed by atoms with E-state index < -0.39 is 10.0 Å². The van der Waals surface area contributed by atoms with Crippen molar-refractivity contribution in [3.63, 3.8) is 0 Å². The van der Waals surface area contributed by atoms with Crippen LogP contribution < -0.4 is 0 Å². The van der Waals surface area contributed by atoms with E-state index in [2.05, 4.69) is 0 Å². The number of aryl methyl sites for hydroxylation is 3. The van der Waals surface area contributed by atoms with E-state index in [0.29, 0.717) is 24.7 Å². The van der Waals surface area contributed by atoms with Crippen molar-refractivity contribution in [2.45, 2.75) is 43.4 Å². The Bertz CT molecular complexity index is 647. The van der Waals surface area contributed by atoms with Crippen LogP contribution in [-0.4, -0.2) is 49.5 Å². The number of hydrogen-bond donors (Lipinski definition) is 0. The van der Waals surface area contributed by atoms with Gasteiger partial charge in [0.25, 0.3) is 0 Å². The van der Waals surface area contributed by atoms with Gasteiger partial charge in [0.2, 0.25) is 10.0 Å². The highest BCUT2D eigenvalue weighted by atomic mass is 32.2. The molecule has 1 aromatic carbocycles. The molecule has 0 N–H and O–H groups in total. The minimum atomic E-state index is -3.45. The Morgan fingerprint density at radius 1 is 1.23 bits per heavy atom. The first-order valence-corrected chi connectivity index (χ1v) is 10.2. The maximum atomic E-state index is 13.3. The van der Waals surface area contributed by atoms with Gasteiger partial charge in [-0.25, -0.2) is 8.42 Å². The number of thioether (sulfide) groups is 1. The van der Waals surface area contributed by atoms with Crippen molar-refractivity contribution in [1.29, 1.82) is 0 Å². The molecule has 2 aliphatic heterocycles. The topological polar surface area (TPSA) is 46.6 Å². The summed E-state index contributed by atoms with van der Waals surface area (Å²) in [7, 11) is -3.45. The zero-order valence-corrected chi connectivity index (χ0v) is 15.0. The fraction of sp³-hybridized carbons (Fsp3) is 0.625. The van der Waals surface area contributed by atoms with Crippen LogP contribution in [0.4, 0.5) is 0 Å². The molecule has 0 bridgehead atoms. The molecule has 0 amide bonds. The van der Waals surface area contributed by atoms with E-state index in [9.17, 15) is 8.42 Å². The fourth-order valence-electron chi connectivity index (χ4n) is 3.64. The normalized spacial score (nSPS) is 26.7. The van der Waals surface area contributed by atoms with Gasteiger partial charge in [0.15, 0.2) is 0 Å². The van der Waals surface area contributed by atoms with Gasteiger partial charge in [0, 0.05) is 30.2 Å². The third-order valence-corrected chi connectivity index (χ3v) is 7.98. The van der Waals surface area contributed by atoms with Gasteiger partial charge in [-0.1, -0.05) is 17.7 Å². The van der Waals surface area contributed by atoms with Crippen molar-refractivity contribution in [3.8, 4) is 0 Å². The molecule has 0 unspecified atom stereocenters. The second-order valence-electron chi connectivity index (χ2n) is 6.18. The highest BCUT2D eigenvalue weighted by molar-refractivity contribution is 8.00. The van der Waals surface area contributed by atoms with Crippen LogP contribution in [0.25, 0.3) is 0 Å². The van der Waals surface area contributed by atoms with Gasteiger partial charge in [0.05, 0.1) is 11.5 Å². The summed E-state index contributed by atoms with van der Waals surface area (Å²) in [5, 5.41) is 0.267. The van der Waals surface area contributed by atoms with E-state index in [-0.39, 0.29) is 11.3 Å². The van der Waals surface area contributed by atoms with E-state index in [0.717, 1.165) is 28.9 Å². The van der Waals surface area contributed by atoms with Gasteiger partial charge in [0.1, 0.15) is 0 Å². The first-order valence-electron chi connectivity index (χ1n) is 7.70. The summed E-state index contributed by atoms with van der Waals surface area (Å²) in [6.07, 6.45) is 0.793. The molecule has 0 aliphatic carbocycles. The van der Waals surface area contributed by atoms with Crippen LogP contribution in [0.3, 0.4) is 0 Å². The van der Waals surface area contributed by atoms with E-state index in [4.69, 9.17) is 4.74 Å². The average molecular weight is 341 g/mol. The van der Waals surface area contributed by atoms with E-state index in [1.54, 1.807) is 4.31 Å². The third-order valence-electron chi connectivity index (χ3n) is 4.45. The van der Waals surface area contributed by atoms with Crippen LogP contribution in [0.15, 0.2) is 17.0 Å². The number of sulfonamides is 1. The summed E-state index contributed by atoms with van der Waals surface area (Å²) >= 11 is 1.84. The number of ether oxygens (including phenoxy) is 1. The predicted octanol–water partition coefficient (Wildman–Crippen LogP) is 2.51. The lowest BCUT2D eigenvalue weighted by molar-refractivity contribution is 0.0625. The molecule has 2 saturated heterocycles. The second-order valence-corrected chi connectivity index (χ2v) is 9.36. The number of rotatable bonds is 2. The summed E-state index contributed by atoms with van der Waals surface area (Å²) in [4.78, 5) is 0.496. The minimum absolute atomic E-state index is 0.0672. The van der Waals surface area contributed by atoms with Crippen molar-refractivity contribution < 1.29 is 13.2 Å². The molecule has 2 aliphatic rings. The Kier molecular flexibility index (Phi) is 4.56. The molecule has 0 saturated carbocycles. The van der Waals surface area contributed by atoms with Gasteiger partial charge in [-0.3, -0.25) is 0 Å². The molecule has 2 atom stereocenters.